The van der Waals surface area contributed by atoms with Gasteiger partial charge in [0.1, 0.15) is 17.4 Å². The lowest BCUT2D eigenvalue weighted by Crippen LogP contribution is -2.20. The first kappa shape index (κ1) is 14.3. The van der Waals surface area contributed by atoms with Crippen LogP contribution >= 0.6 is 0 Å². The second kappa shape index (κ2) is 6.86. The lowest BCUT2D eigenvalue weighted by molar-refractivity contribution is 0.00416. The maximum absolute atomic E-state index is 11.9. The number of anilines is 1. The minimum atomic E-state index is -0.445. The van der Waals surface area contributed by atoms with Gasteiger partial charge in [-0.05, 0) is 26.0 Å². The van der Waals surface area contributed by atoms with Crippen molar-refractivity contribution in [2.24, 2.45) is 0 Å². The Labute approximate surface area is 107 Å². The van der Waals surface area contributed by atoms with E-state index in [2.05, 4.69) is 0 Å². The number of nitrogen functional groups attached to an aromatic ring is 1. The van der Waals surface area contributed by atoms with Crippen molar-refractivity contribution < 1.29 is 19.0 Å². The van der Waals surface area contributed by atoms with Gasteiger partial charge in [0.25, 0.3) is 0 Å². The molecule has 1 aromatic carbocycles. The number of hydrogen-bond donors (Lipinski definition) is 1. The van der Waals surface area contributed by atoms with Gasteiger partial charge in [-0.25, -0.2) is 4.79 Å². The molecule has 0 aromatic heterocycles. The van der Waals surface area contributed by atoms with E-state index in [0.29, 0.717) is 30.2 Å². The van der Waals surface area contributed by atoms with E-state index in [1.807, 2.05) is 6.92 Å². The second-order valence-corrected chi connectivity index (χ2v) is 3.84. The average molecular weight is 253 g/mol. The summed E-state index contributed by atoms with van der Waals surface area (Å²) in [6, 6.07) is 4.81. The zero-order valence-corrected chi connectivity index (χ0v) is 10.9. The van der Waals surface area contributed by atoms with Crippen molar-refractivity contribution in [3.8, 4) is 5.75 Å². The highest BCUT2D eigenvalue weighted by Gasteiger charge is 2.16. The van der Waals surface area contributed by atoms with E-state index in [4.69, 9.17) is 19.9 Å². The van der Waals surface area contributed by atoms with E-state index >= 15 is 0 Å². The highest BCUT2D eigenvalue weighted by molar-refractivity contribution is 5.93. The SMILES string of the molecule is CCOCC(C)OC(=O)c1ccc(N)cc1OC. The highest BCUT2D eigenvalue weighted by atomic mass is 16.6. The lowest BCUT2D eigenvalue weighted by atomic mass is 10.2. The van der Waals surface area contributed by atoms with Gasteiger partial charge in [-0.1, -0.05) is 0 Å². The maximum Gasteiger partial charge on any atom is 0.342 e. The van der Waals surface area contributed by atoms with Crippen molar-refractivity contribution in [3.63, 3.8) is 0 Å². The van der Waals surface area contributed by atoms with Crippen molar-refractivity contribution in [2.75, 3.05) is 26.1 Å². The molecule has 0 radical (unpaired) electrons. The summed E-state index contributed by atoms with van der Waals surface area (Å²) >= 11 is 0. The van der Waals surface area contributed by atoms with Gasteiger partial charge in [0.15, 0.2) is 0 Å². The molecule has 5 heteroatoms. The topological polar surface area (TPSA) is 70.8 Å². The molecular formula is C13H19NO4. The number of hydrogen-bond acceptors (Lipinski definition) is 5. The normalized spacial score (nSPS) is 11.9. The summed E-state index contributed by atoms with van der Waals surface area (Å²) in [6.45, 7) is 4.63. The third-order valence-corrected chi connectivity index (χ3v) is 2.31. The van der Waals surface area contributed by atoms with E-state index in [1.165, 1.54) is 7.11 Å². The minimum Gasteiger partial charge on any atom is -0.496 e. The van der Waals surface area contributed by atoms with E-state index in [-0.39, 0.29) is 6.10 Å². The van der Waals surface area contributed by atoms with Crippen LogP contribution in [0.15, 0.2) is 18.2 Å². The molecule has 18 heavy (non-hydrogen) atoms. The molecule has 0 aliphatic carbocycles. The number of carbonyl (C=O) groups excluding carboxylic acids is 1. The van der Waals surface area contributed by atoms with Crippen LogP contribution in [0.4, 0.5) is 5.69 Å². The average Bonchev–Trinajstić information content (AvgIpc) is 2.35. The smallest absolute Gasteiger partial charge is 0.342 e. The van der Waals surface area contributed by atoms with Gasteiger partial charge in [0.05, 0.1) is 13.7 Å². The molecular weight excluding hydrogens is 234 g/mol. The van der Waals surface area contributed by atoms with Gasteiger partial charge in [0.2, 0.25) is 0 Å². The van der Waals surface area contributed by atoms with Crippen LogP contribution in [0, 0.1) is 0 Å². The summed E-state index contributed by atoms with van der Waals surface area (Å²) in [5.41, 5.74) is 6.51. The first-order valence-corrected chi connectivity index (χ1v) is 5.80. The monoisotopic (exact) mass is 253 g/mol. The summed E-state index contributed by atoms with van der Waals surface area (Å²) in [6.07, 6.45) is -0.306. The van der Waals surface area contributed by atoms with Crippen molar-refractivity contribution in [1.82, 2.24) is 0 Å². The molecule has 1 unspecified atom stereocenters. The Morgan fingerprint density at radius 2 is 2.17 bits per heavy atom. The number of methoxy groups -OCH3 is 1. The predicted molar refractivity (Wildman–Crippen MR) is 68.8 cm³/mol. The van der Waals surface area contributed by atoms with Crippen LogP contribution in [0.5, 0.6) is 5.75 Å². The summed E-state index contributed by atoms with van der Waals surface area (Å²) in [5, 5.41) is 0. The Hall–Kier alpha value is -1.75. The first-order valence-electron chi connectivity index (χ1n) is 5.80. The van der Waals surface area contributed by atoms with Gasteiger partial charge in [-0.15, -0.1) is 0 Å². The van der Waals surface area contributed by atoms with Crippen LogP contribution in [0.1, 0.15) is 24.2 Å². The molecule has 1 aromatic rings. The van der Waals surface area contributed by atoms with Crippen LogP contribution in [-0.2, 0) is 9.47 Å². The summed E-state index contributed by atoms with van der Waals surface area (Å²) in [4.78, 5) is 11.9. The van der Waals surface area contributed by atoms with Crippen molar-refractivity contribution >= 4 is 11.7 Å². The van der Waals surface area contributed by atoms with Crippen LogP contribution < -0.4 is 10.5 Å². The van der Waals surface area contributed by atoms with Crippen LogP contribution in [0.25, 0.3) is 0 Å². The molecule has 0 saturated heterocycles. The minimum absolute atomic E-state index is 0.306. The molecule has 0 heterocycles. The Kier molecular flexibility index (Phi) is 5.45. The fourth-order valence-corrected chi connectivity index (χ4v) is 1.44. The molecule has 2 N–H and O–H groups in total. The summed E-state index contributed by atoms with van der Waals surface area (Å²) in [7, 11) is 1.48. The van der Waals surface area contributed by atoms with Crippen molar-refractivity contribution in [1.29, 1.82) is 0 Å². The molecule has 0 aliphatic heterocycles. The third kappa shape index (κ3) is 3.92. The standard InChI is InChI=1S/C13H19NO4/c1-4-17-8-9(2)18-13(15)11-6-5-10(14)7-12(11)16-3/h5-7,9H,4,8,14H2,1-3H3. The number of benzene rings is 1. The highest BCUT2D eigenvalue weighted by Crippen LogP contribution is 2.22. The number of carbonyl (C=O) groups is 1. The fraction of sp³-hybridized carbons (Fsp3) is 0.462. The molecule has 0 saturated carbocycles. The van der Waals surface area contributed by atoms with Crippen LogP contribution in [-0.4, -0.2) is 32.4 Å². The van der Waals surface area contributed by atoms with Gasteiger partial charge in [-0.2, -0.15) is 0 Å². The third-order valence-electron chi connectivity index (χ3n) is 2.31. The number of rotatable bonds is 6. The molecule has 1 atom stereocenters. The predicted octanol–water partition coefficient (Wildman–Crippen LogP) is 1.86. The summed E-state index contributed by atoms with van der Waals surface area (Å²) in [5.74, 6) is -0.0392. The fourth-order valence-electron chi connectivity index (χ4n) is 1.44. The second-order valence-electron chi connectivity index (χ2n) is 3.84. The van der Waals surface area contributed by atoms with E-state index < -0.39 is 5.97 Å². The zero-order valence-electron chi connectivity index (χ0n) is 10.9. The van der Waals surface area contributed by atoms with Crippen LogP contribution in [0.2, 0.25) is 0 Å². The van der Waals surface area contributed by atoms with Crippen molar-refractivity contribution in [3.05, 3.63) is 23.8 Å². The van der Waals surface area contributed by atoms with Gasteiger partial charge < -0.3 is 19.9 Å². The number of esters is 1. The van der Waals surface area contributed by atoms with Gasteiger partial charge >= 0.3 is 5.97 Å². The molecule has 0 fully saturated rings. The van der Waals surface area contributed by atoms with Crippen LogP contribution in [0.3, 0.4) is 0 Å². The molecule has 0 spiro atoms. The molecule has 0 bridgehead atoms. The largest absolute Gasteiger partial charge is 0.496 e. The lowest BCUT2D eigenvalue weighted by Gasteiger charge is -2.14. The van der Waals surface area contributed by atoms with E-state index in [0.717, 1.165) is 0 Å². The molecule has 1 rings (SSSR count). The molecule has 0 aliphatic rings. The molecule has 100 valence electrons. The van der Waals surface area contributed by atoms with Gasteiger partial charge in [0, 0.05) is 18.4 Å². The Morgan fingerprint density at radius 3 is 2.78 bits per heavy atom. The first-order chi connectivity index (χ1) is 8.58. The molecule has 5 nitrogen and oxygen atoms in total. The Morgan fingerprint density at radius 1 is 1.44 bits per heavy atom. The zero-order chi connectivity index (χ0) is 13.5. The van der Waals surface area contributed by atoms with E-state index in [9.17, 15) is 4.79 Å². The maximum atomic E-state index is 11.9. The van der Waals surface area contributed by atoms with Gasteiger partial charge in [-0.3, -0.25) is 0 Å². The Balaban J connectivity index is 2.72. The Bertz CT molecular complexity index is 406. The molecule has 0 amide bonds. The quantitative estimate of drug-likeness (QED) is 0.619. The van der Waals surface area contributed by atoms with E-state index in [1.54, 1.807) is 25.1 Å². The van der Waals surface area contributed by atoms with Crippen molar-refractivity contribution in [2.45, 2.75) is 20.0 Å². The number of nitrogens with two attached hydrogens (primary N) is 1. The summed E-state index contributed by atoms with van der Waals surface area (Å²) < 4.78 is 15.5. The number of ether oxygens (including phenoxy) is 3.